The minimum Gasteiger partial charge on any atom is -0.373 e. The summed E-state index contributed by atoms with van der Waals surface area (Å²) in [5, 5.41) is 3.51. The van der Waals surface area contributed by atoms with Gasteiger partial charge in [-0.05, 0) is 25.1 Å². The summed E-state index contributed by atoms with van der Waals surface area (Å²) in [4.78, 5) is 16.2. The molecule has 0 aliphatic heterocycles. The number of nitrogens with zero attached hydrogens (tertiary/aromatic N) is 2. The molecule has 0 aliphatic rings. The standard InChI is InChI=1S/C13H14ClN3O/c1-9-4-3-5-13(18)17(9)8-11-10(14)6-7-12(15-2)16-11/h3-7H,8H2,1-2H3,(H,15,16). The second-order valence-electron chi connectivity index (χ2n) is 3.97. The molecule has 0 aliphatic carbocycles. The van der Waals surface area contributed by atoms with Crippen molar-refractivity contribution in [1.29, 1.82) is 0 Å². The van der Waals surface area contributed by atoms with Gasteiger partial charge in [0.2, 0.25) is 0 Å². The minimum absolute atomic E-state index is 0.0530. The third-order valence-electron chi connectivity index (χ3n) is 2.75. The highest BCUT2D eigenvalue weighted by atomic mass is 35.5. The lowest BCUT2D eigenvalue weighted by atomic mass is 10.3. The minimum atomic E-state index is -0.0530. The van der Waals surface area contributed by atoms with Crippen LogP contribution < -0.4 is 10.9 Å². The molecule has 0 fully saturated rings. The topological polar surface area (TPSA) is 46.9 Å². The largest absolute Gasteiger partial charge is 0.373 e. The molecule has 0 amide bonds. The van der Waals surface area contributed by atoms with E-state index in [1.54, 1.807) is 29.8 Å². The quantitative estimate of drug-likeness (QED) is 0.924. The molecule has 94 valence electrons. The van der Waals surface area contributed by atoms with E-state index in [4.69, 9.17) is 11.6 Å². The SMILES string of the molecule is CNc1ccc(Cl)c(Cn2c(C)cccc2=O)n1. The lowest BCUT2D eigenvalue weighted by molar-refractivity contribution is 0.714. The zero-order valence-corrected chi connectivity index (χ0v) is 11.0. The van der Waals surface area contributed by atoms with Gasteiger partial charge in [-0.2, -0.15) is 0 Å². The van der Waals surface area contributed by atoms with E-state index in [0.717, 1.165) is 11.5 Å². The summed E-state index contributed by atoms with van der Waals surface area (Å²) in [6.45, 7) is 2.26. The fourth-order valence-corrected chi connectivity index (χ4v) is 1.88. The molecule has 0 unspecified atom stereocenters. The van der Waals surface area contributed by atoms with Crippen LogP contribution >= 0.6 is 11.6 Å². The number of anilines is 1. The van der Waals surface area contributed by atoms with Gasteiger partial charge in [-0.1, -0.05) is 17.7 Å². The molecule has 2 aromatic heterocycles. The first-order valence-electron chi connectivity index (χ1n) is 5.61. The first-order valence-corrected chi connectivity index (χ1v) is 5.99. The maximum absolute atomic E-state index is 11.8. The van der Waals surface area contributed by atoms with Gasteiger partial charge < -0.3 is 9.88 Å². The van der Waals surface area contributed by atoms with Gasteiger partial charge in [-0.15, -0.1) is 0 Å². The lowest BCUT2D eigenvalue weighted by Crippen LogP contribution is -2.22. The molecule has 0 saturated heterocycles. The Labute approximate surface area is 110 Å². The van der Waals surface area contributed by atoms with Gasteiger partial charge in [-0.3, -0.25) is 4.79 Å². The lowest BCUT2D eigenvalue weighted by Gasteiger charge is -2.11. The van der Waals surface area contributed by atoms with Crippen LogP contribution in [-0.4, -0.2) is 16.6 Å². The van der Waals surface area contributed by atoms with Crippen LogP contribution in [0.1, 0.15) is 11.4 Å². The molecular formula is C13H14ClN3O. The van der Waals surface area contributed by atoms with Crippen molar-refractivity contribution in [2.45, 2.75) is 13.5 Å². The zero-order valence-electron chi connectivity index (χ0n) is 10.3. The first kappa shape index (κ1) is 12.6. The van der Waals surface area contributed by atoms with E-state index in [1.165, 1.54) is 6.07 Å². The van der Waals surface area contributed by atoms with Crippen LogP contribution in [0.5, 0.6) is 0 Å². The number of aromatic nitrogens is 2. The van der Waals surface area contributed by atoms with Crippen LogP contribution in [-0.2, 0) is 6.54 Å². The Hall–Kier alpha value is -1.81. The molecule has 4 nitrogen and oxygen atoms in total. The Morgan fingerprint density at radius 1 is 1.33 bits per heavy atom. The van der Waals surface area contributed by atoms with Gasteiger partial charge in [0.15, 0.2) is 0 Å². The maximum atomic E-state index is 11.8. The average molecular weight is 264 g/mol. The summed E-state index contributed by atoms with van der Waals surface area (Å²) in [5.74, 6) is 0.732. The fraction of sp³-hybridized carbons (Fsp3) is 0.231. The molecule has 0 radical (unpaired) electrons. The number of rotatable bonds is 3. The Balaban J connectivity index is 2.43. The summed E-state index contributed by atoms with van der Waals surface area (Å²) in [6, 6.07) is 8.73. The van der Waals surface area contributed by atoms with Crippen molar-refractivity contribution in [2.75, 3.05) is 12.4 Å². The van der Waals surface area contributed by atoms with Gasteiger partial charge in [0.1, 0.15) is 5.82 Å². The van der Waals surface area contributed by atoms with Crippen LogP contribution in [0.2, 0.25) is 5.02 Å². The highest BCUT2D eigenvalue weighted by Gasteiger charge is 2.07. The molecule has 0 atom stereocenters. The zero-order chi connectivity index (χ0) is 13.1. The van der Waals surface area contributed by atoms with Crippen molar-refractivity contribution in [3.05, 3.63) is 57.1 Å². The van der Waals surface area contributed by atoms with Gasteiger partial charge in [0.05, 0.1) is 17.3 Å². The van der Waals surface area contributed by atoms with Crippen LogP contribution in [0.15, 0.2) is 35.1 Å². The third-order valence-corrected chi connectivity index (χ3v) is 3.09. The molecule has 5 heteroatoms. The maximum Gasteiger partial charge on any atom is 0.251 e. The Kier molecular flexibility index (Phi) is 3.67. The third kappa shape index (κ3) is 2.54. The van der Waals surface area contributed by atoms with Crippen LogP contribution in [0.25, 0.3) is 0 Å². The number of aryl methyl sites for hydroxylation is 1. The van der Waals surface area contributed by atoms with Crippen molar-refractivity contribution >= 4 is 17.4 Å². The predicted molar refractivity (Wildman–Crippen MR) is 73.3 cm³/mol. The normalized spacial score (nSPS) is 10.4. The van der Waals surface area contributed by atoms with Crippen LogP contribution in [0.4, 0.5) is 5.82 Å². The number of pyridine rings is 2. The fourth-order valence-electron chi connectivity index (χ4n) is 1.71. The molecule has 2 heterocycles. The molecule has 0 saturated carbocycles. The van der Waals surface area contributed by atoms with E-state index in [-0.39, 0.29) is 5.56 Å². The van der Waals surface area contributed by atoms with Gasteiger partial charge >= 0.3 is 0 Å². The smallest absolute Gasteiger partial charge is 0.251 e. The van der Waals surface area contributed by atoms with Gasteiger partial charge in [-0.25, -0.2) is 4.98 Å². The monoisotopic (exact) mass is 263 g/mol. The van der Waals surface area contributed by atoms with Crippen molar-refractivity contribution < 1.29 is 0 Å². The average Bonchev–Trinajstić information content (AvgIpc) is 2.36. The Bertz CT molecular complexity index is 622. The number of nitrogens with one attached hydrogen (secondary N) is 1. The first-order chi connectivity index (χ1) is 8.61. The van der Waals surface area contributed by atoms with Crippen molar-refractivity contribution in [3.8, 4) is 0 Å². The molecule has 18 heavy (non-hydrogen) atoms. The van der Waals surface area contributed by atoms with Crippen molar-refractivity contribution in [1.82, 2.24) is 9.55 Å². The van der Waals surface area contributed by atoms with Crippen LogP contribution in [0, 0.1) is 6.92 Å². The molecule has 2 aromatic rings. The van der Waals surface area contributed by atoms with E-state index >= 15 is 0 Å². The Morgan fingerprint density at radius 3 is 2.78 bits per heavy atom. The molecule has 2 rings (SSSR count). The molecule has 0 aromatic carbocycles. The van der Waals surface area contributed by atoms with E-state index in [0.29, 0.717) is 17.3 Å². The predicted octanol–water partition coefficient (Wildman–Crippen LogP) is 2.30. The second-order valence-corrected chi connectivity index (χ2v) is 4.37. The van der Waals surface area contributed by atoms with Crippen molar-refractivity contribution in [2.24, 2.45) is 0 Å². The van der Waals surface area contributed by atoms with Crippen LogP contribution in [0.3, 0.4) is 0 Å². The molecule has 1 N–H and O–H groups in total. The highest BCUT2D eigenvalue weighted by Crippen LogP contribution is 2.17. The summed E-state index contributed by atoms with van der Waals surface area (Å²) in [7, 11) is 1.79. The molecule has 0 spiro atoms. The highest BCUT2D eigenvalue weighted by molar-refractivity contribution is 6.31. The van der Waals surface area contributed by atoms with E-state index < -0.39 is 0 Å². The van der Waals surface area contributed by atoms with Crippen molar-refractivity contribution in [3.63, 3.8) is 0 Å². The number of hydrogen-bond donors (Lipinski definition) is 1. The summed E-state index contributed by atoms with van der Waals surface area (Å²) in [5.41, 5.74) is 1.51. The number of halogens is 1. The molecular weight excluding hydrogens is 250 g/mol. The van der Waals surface area contributed by atoms with Gasteiger partial charge in [0, 0.05) is 18.8 Å². The van der Waals surface area contributed by atoms with E-state index in [1.807, 2.05) is 13.0 Å². The summed E-state index contributed by atoms with van der Waals surface area (Å²) >= 11 is 6.10. The summed E-state index contributed by atoms with van der Waals surface area (Å²) in [6.07, 6.45) is 0. The van der Waals surface area contributed by atoms with Gasteiger partial charge in [0.25, 0.3) is 5.56 Å². The Morgan fingerprint density at radius 2 is 2.11 bits per heavy atom. The van der Waals surface area contributed by atoms with E-state index in [9.17, 15) is 4.79 Å². The summed E-state index contributed by atoms with van der Waals surface area (Å²) < 4.78 is 1.65. The van der Waals surface area contributed by atoms with E-state index in [2.05, 4.69) is 10.3 Å². The molecule has 0 bridgehead atoms. The second kappa shape index (κ2) is 5.23. The number of hydrogen-bond acceptors (Lipinski definition) is 3.